The number of hydrogen-bond donors (Lipinski definition) is 2. The van der Waals surface area contributed by atoms with Gasteiger partial charge in [0.15, 0.2) is 0 Å². The lowest BCUT2D eigenvalue weighted by Gasteiger charge is -2.24. The molecule has 18 heavy (non-hydrogen) atoms. The fourth-order valence-electron chi connectivity index (χ4n) is 3.01. The molecule has 1 amide bonds. The van der Waals surface area contributed by atoms with Gasteiger partial charge >= 0.3 is 0 Å². The van der Waals surface area contributed by atoms with Crippen LogP contribution in [0, 0.1) is 5.92 Å². The van der Waals surface area contributed by atoms with Gasteiger partial charge in [0, 0.05) is 12.1 Å². The molecule has 4 heteroatoms. The van der Waals surface area contributed by atoms with Crippen LogP contribution in [-0.4, -0.2) is 38.3 Å². The summed E-state index contributed by atoms with van der Waals surface area (Å²) in [7, 11) is 1.90. The van der Waals surface area contributed by atoms with E-state index in [1.165, 1.54) is 32.1 Å². The highest BCUT2D eigenvalue weighted by Crippen LogP contribution is 2.19. The molecule has 2 unspecified atom stereocenters. The monoisotopic (exact) mass is 254 g/mol. The van der Waals surface area contributed by atoms with E-state index in [0.29, 0.717) is 19.3 Å². The second kappa shape index (κ2) is 7.10. The molecule has 1 aliphatic heterocycles. The Labute approximate surface area is 110 Å². The average Bonchev–Trinajstić information content (AvgIpc) is 2.80. The summed E-state index contributed by atoms with van der Waals surface area (Å²) in [4.78, 5) is 12.2. The molecule has 0 bridgehead atoms. The smallest absolute Gasteiger partial charge is 0.227 e. The van der Waals surface area contributed by atoms with Crippen molar-refractivity contribution in [3.05, 3.63) is 0 Å². The van der Waals surface area contributed by atoms with E-state index in [0.717, 1.165) is 12.8 Å². The van der Waals surface area contributed by atoms with Crippen molar-refractivity contribution in [3.63, 3.8) is 0 Å². The minimum atomic E-state index is -0.0135. The van der Waals surface area contributed by atoms with E-state index in [1.54, 1.807) is 0 Å². The predicted molar refractivity (Wildman–Crippen MR) is 71.4 cm³/mol. The highest BCUT2D eigenvalue weighted by Gasteiger charge is 2.33. The summed E-state index contributed by atoms with van der Waals surface area (Å²) < 4.78 is 5.39. The third-order valence-electron chi connectivity index (χ3n) is 4.24. The van der Waals surface area contributed by atoms with Crippen LogP contribution in [0.15, 0.2) is 0 Å². The van der Waals surface area contributed by atoms with E-state index in [4.69, 9.17) is 4.74 Å². The number of amides is 1. The number of hydrogen-bond acceptors (Lipinski definition) is 3. The summed E-state index contributed by atoms with van der Waals surface area (Å²) >= 11 is 0. The lowest BCUT2D eigenvalue weighted by Crippen LogP contribution is -2.46. The van der Waals surface area contributed by atoms with Crippen molar-refractivity contribution in [2.24, 2.45) is 5.92 Å². The van der Waals surface area contributed by atoms with Gasteiger partial charge in [-0.25, -0.2) is 0 Å². The molecule has 0 aromatic carbocycles. The maximum Gasteiger partial charge on any atom is 0.227 e. The van der Waals surface area contributed by atoms with Crippen molar-refractivity contribution in [1.29, 1.82) is 0 Å². The number of ether oxygens (including phenoxy) is 1. The van der Waals surface area contributed by atoms with Gasteiger partial charge in [0.1, 0.15) is 0 Å². The summed E-state index contributed by atoms with van der Waals surface area (Å²) in [6.07, 6.45) is 8.78. The minimum absolute atomic E-state index is 0.0135. The lowest BCUT2D eigenvalue weighted by molar-refractivity contribution is -0.126. The maximum absolute atomic E-state index is 12.2. The Balaban J connectivity index is 1.81. The molecule has 4 nitrogen and oxygen atoms in total. The first kappa shape index (κ1) is 13.8. The molecular formula is C14H26N2O2. The van der Waals surface area contributed by atoms with Gasteiger partial charge in [-0.3, -0.25) is 4.79 Å². The highest BCUT2D eigenvalue weighted by molar-refractivity contribution is 5.80. The molecule has 1 saturated heterocycles. The van der Waals surface area contributed by atoms with E-state index >= 15 is 0 Å². The van der Waals surface area contributed by atoms with E-state index in [1.807, 2.05) is 7.05 Å². The SMILES string of the molecule is CNC1COCC1C(=O)NC1CCCCCCC1. The molecule has 104 valence electrons. The van der Waals surface area contributed by atoms with E-state index < -0.39 is 0 Å². The molecule has 1 heterocycles. The van der Waals surface area contributed by atoms with Crippen LogP contribution in [0.3, 0.4) is 0 Å². The number of carbonyl (C=O) groups is 1. The zero-order chi connectivity index (χ0) is 12.8. The highest BCUT2D eigenvalue weighted by atomic mass is 16.5. The Hall–Kier alpha value is -0.610. The Bertz CT molecular complexity index is 263. The van der Waals surface area contributed by atoms with Crippen molar-refractivity contribution >= 4 is 5.91 Å². The van der Waals surface area contributed by atoms with Crippen LogP contribution in [0.5, 0.6) is 0 Å². The van der Waals surface area contributed by atoms with Gasteiger partial charge < -0.3 is 15.4 Å². The van der Waals surface area contributed by atoms with Crippen molar-refractivity contribution in [1.82, 2.24) is 10.6 Å². The molecule has 2 rings (SSSR count). The minimum Gasteiger partial charge on any atom is -0.379 e. The Kier molecular flexibility index (Phi) is 5.45. The fraction of sp³-hybridized carbons (Fsp3) is 0.929. The van der Waals surface area contributed by atoms with Crippen LogP contribution >= 0.6 is 0 Å². The van der Waals surface area contributed by atoms with Crippen LogP contribution in [0.2, 0.25) is 0 Å². The van der Waals surface area contributed by atoms with Crippen molar-refractivity contribution in [2.75, 3.05) is 20.3 Å². The second-order valence-corrected chi connectivity index (χ2v) is 5.59. The topological polar surface area (TPSA) is 50.4 Å². The molecule has 2 fully saturated rings. The van der Waals surface area contributed by atoms with Crippen LogP contribution < -0.4 is 10.6 Å². The molecule has 0 spiro atoms. The Morgan fingerprint density at radius 3 is 2.39 bits per heavy atom. The summed E-state index contributed by atoms with van der Waals surface area (Å²) in [6, 6.07) is 0.564. The van der Waals surface area contributed by atoms with E-state index in [-0.39, 0.29) is 17.9 Å². The molecule has 0 aromatic heterocycles. The van der Waals surface area contributed by atoms with Gasteiger partial charge in [0.25, 0.3) is 0 Å². The Morgan fingerprint density at radius 1 is 1.06 bits per heavy atom. The largest absolute Gasteiger partial charge is 0.379 e. The zero-order valence-electron chi connectivity index (χ0n) is 11.4. The quantitative estimate of drug-likeness (QED) is 0.801. The van der Waals surface area contributed by atoms with Gasteiger partial charge in [-0.05, 0) is 19.9 Å². The molecule has 0 aromatic rings. The van der Waals surface area contributed by atoms with Gasteiger partial charge in [0.2, 0.25) is 5.91 Å². The summed E-state index contributed by atoms with van der Waals surface area (Å²) in [5, 5.41) is 6.40. The van der Waals surface area contributed by atoms with E-state index in [9.17, 15) is 4.79 Å². The number of likely N-dealkylation sites (N-methyl/N-ethyl adjacent to an activating group) is 1. The third-order valence-corrected chi connectivity index (χ3v) is 4.24. The zero-order valence-corrected chi connectivity index (χ0v) is 11.4. The van der Waals surface area contributed by atoms with Gasteiger partial charge in [-0.1, -0.05) is 32.1 Å². The van der Waals surface area contributed by atoms with Crippen LogP contribution in [0.25, 0.3) is 0 Å². The lowest BCUT2D eigenvalue weighted by atomic mass is 9.95. The van der Waals surface area contributed by atoms with Crippen LogP contribution in [0.1, 0.15) is 44.9 Å². The maximum atomic E-state index is 12.2. The number of rotatable bonds is 3. The van der Waals surface area contributed by atoms with E-state index in [2.05, 4.69) is 10.6 Å². The summed E-state index contributed by atoms with van der Waals surface area (Å²) in [5.41, 5.74) is 0. The van der Waals surface area contributed by atoms with Gasteiger partial charge in [-0.15, -0.1) is 0 Å². The molecule has 2 aliphatic rings. The number of carbonyl (C=O) groups excluding carboxylic acids is 1. The van der Waals surface area contributed by atoms with Crippen LogP contribution in [-0.2, 0) is 9.53 Å². The van der Waals surface area contributed by atoms with Crippen molar-refractivity contribution in [2.45, 2.75) is 57.0 Å². The summed E-state index contributed by atoms with van der Waals surface area (Å²) in [6.45, 7) is 1.21. The average molecular weight is 254 g/mol. The molecule has 1 aliphatic carbocycles. The van der Waals surface area contributed by atoms with Gasteiger partial charge in [-0.2, -0.15) is 0 Å². The van der Waals surface area contributed by atoms with Crippen molar-refractivity contribution in [3.8, 4) is 0 Å². The first-order chi connectivity index (χ1) is 8.81. The fourth-order valence-corrected chi connectivity index (χ4v) is 3.01. The number of nitrogens with one attached hydrogen (secondary N) is 2. The predicted octanol–water partition coefficient (Wildman–Crippen LogP) is 1.45. The first-order valence-electron chi connectivity index (χ1n) is 7.36. The van der Waals surface area contributed by atoms with Crippen LogP contribution in [0.4, 0.5) is 0 Å². The first-order valence-corrected chi connectivity index (χ1v) is 7.36. The standard InChI is InChI=1S/C14H26N2O2/c1-15-13-10-18-9-12(13)14(17)16-11-7-5-3-2-4-6-8-11/h11-13,15H,2-10H2,1H3,(H,16,17). The molecule has 0 radical (unpaired) electrons. The normalized spacial score (nSPS) is 30.7. The second-order valence-electron chi connectivity index (χ2n) is 5.59. The molecular weight excluding hydrogens is 228 g/mol. The molecule has 1 saturated carbocycles. The molecule has 2 N–H and O–H groups in total. The van der Waals surface area contributed by atoms with Crippen molar-refractivity contribution < 1.29 is 9.53 Å². The third kappa shape index (κ3) is 3.69. The van der Waals surface area contributed by atoms with Gasteiger partial charge in [0.05, 0.1) is 19.1 Å². The summed E-state index contributed by atoms with van der Waals surface area (Å²) in [5.74, 6) is 0.165. The molecule has 2 atom stereocenters. The Morgan fingerprint density at radius 2 is 1.72 bits per heavy atom.